The first-order chi connectivity index (χ1) is 16.5. The minimum Gasteiger partial charge on any atom is -0.496 e. The molecule has 0 amide bonds. The number of fused-ring (bicyclic) bond motifs is 1. The van der Waals surface area contributed by atoms with E-state index in [4.69, 9.17) is 14.2 Å². The van der Waals surface area contributed by atoms with E-state index in [1.54, 1.807) is 32.0 Å². The van der Waals surface area contributed by atoms with Crippen molar-refractivity contribution in [3.8, 4) is 22.6 Å². The molecule has 0 unspecified atom stereocenters. The highest BCUT2D eigenvalue weighted by Gasteiger charge is 2.20. The van der Waals surface area contributed by atoms with Crippen molar-refractivity contribution in [2.75, 3.05) is 58.5 Å². The number of rotatable bonds is 8. The molecular formula is C26H34N4O4. The normalized spacial score (nSPS) is 14.1. The zero-order valence-electron chi connectivity index (χ0n) is 20.8. The van der Waals surface area contributed by atoms with Crippen molar-refractivity contribution in [1.82, 2.24) is 14.5 Å². The summed E-state index contributed by atoms with van der Waals surface area (Å²) in [5.74, 6) is 2.39. The summed E-state index contributed by atoms with van der Waals surface area (Å²) in [5, 5.41) is 1.45. The number of morpholine rings is 1. The topological polar surface area (TPSA) is 69.1 Å². The molecule has 1 saturated heterocycles. The van der Waals surface area contributed by atoms with Crippen molar-refractivity contribution in [2.45, 2.75) is 20.4 Å². The molecule has 0 saturated carbocycles. The van der Waals surface area contributed by atoms with Gasteiger partial charge in [0.05, 0.1) is 38.4 Å². The van der Waals surface area contributed by atoms with Gasteiger partial charge < -0.3 is 23.7 Å². The van der Waals surface area contributed by atoms with Crippen LogP contribution in [0.3, 0.4) is 0 Å². The Morgan fingerprint density at radius 2 is 1.68 bits per heavy atom. The van der Waals surface area contributed by atoms with Crippen molar-refractivity contribution >= 4 is 16.6 Å². The fourth-order valence-corrected chi connectivity index (χ4v) is 4.51. The van der Waals surface area contributed by atoms with Gasteiger partial charge in [-0.15, -0.1) is 0 Å². The van der Waals surface area contributed by atoms with Gasteiger partial charge in [-0.25, -0.2) is 4.98 Å². The van der Waals surface area contributed by atoms with Crippen LogP contribution < -0.4 is 19.9 Å². The molecule has 1 fully saturated rings. The van der Waals surface area contributed by atoms with Crippen LogP contribution in [0.2, 0.25) is 0 Å². The van der Waals surface area contributed by atoms with Gasteiger partial charge in [-0.1, -0.05) is 13.8 Å². The minimum absolute atomic E-state index is 0.0724. The molecule has 8 heteroatoms. The lowest BCUT2D eigenvalue weighted by molar-refractivity contribution is 0.122. The standard InChI is InChI=1S/C26H34N4O4/c1-6-29(7-2)17-22-23(32-4)12-18(13-24(22)33-5)21-16-28(3)26(31)20-15-27-25(14-19(20)21)30-8-10-34-11-9-30/h12-16H,6-11,17H2,1-5H3. The Labute approximate surface area is 200 Å². The third kappa shape index (κ3) is 4.60. The van der Waals surface area contributed by atoms with Crippen molar-refractivity contribution in [3.05, 3.63) is 46.5 Å². The number of hydrogen-bond acceptors (Lipinski definition) is 7. The lowest BCUT2D eigenvalue weighted by atomic mass is 9.98. The summed E-state index contributed by atoms with van der Waals surface area (Å²) < 4.78 is 18.7. The summed E-state index contributed by atoms with van der Waals surface area (Å²) in [4.78, 5) is 22.0. The molecule has 0 N–H and O–H groups in total. The molecule has 3 heterocycles. The first kappa shape index (κ1) is 24.0. The highest BCUT2D eigenvalue weighted by Crippen LogP contribution is 2.38. The SMILES string of the molecule is CCN(CC)Cc1c(OC)cc(-c2cn(C)c(=O)c3cnc(N4CCOCC4)cc23)cc1OC. The van der Waals surface area contributed by atoms with E-state index in [2.05, 4.69) is 28.6 Å². The Kier molecular flexibility index (Phi) is 7.38. The lowest BCUT2D eigenvalue weighted by Crippen LogP contribution is -2.36. The van der Waals surface area contributed by atoms with Crippen LogP contribution in [0.4, 0.5) is 5.82 Å². The van der Waals surface area contributed by atoms with Crippen LogP contribution >= 0.6 is 0 Å². The zero-order chi connectivity index (χ0) is 24.2. The lowest BCUT2D eigenvalue weighted by Gasteiger charge is -2.28. The summed E-state index contributed by atoms with van der Waals surface area (Å²) in [7, 11) is 5.14. The van der Waals surface area contributed by atoms with E-state index in [1.807, 2.05) is 24.4 Å². The fraction of sp³-hybridized carbons (Fsp3) is 0.462. The average Bonchev–Trinajstić information content (AvgIpc) is 2.89. The van der Waals surface area contributed by atoms with Crippen LogP contribution in [0.25, 0.3) is 21.9 Å². The maximum Gasteiger partial charge on any atom is 0.259 e. The molecule has 1 aliphatic heterocycles. The first-order valence-corrected chi connectivity index (χ1v) is 11.8. The van der Waals surface area contributed by atoms with Crippen LogP contribution in [0.15, 0.2) is 35.4 Å². The van der Waals surface area contributed by atoms with Gasteiger partial charge in [0, 0.05) is 50.0 Å². The summed E-state index contributed by atoms with van der Waals surface area (Å²) >= 11 is 0. The molecule has 182 valence electrons. The first-order valence-electron chi connectivity index (χ1n) is 11.8. The summed E-state index contributed by atoms with van der Waals surface area (Å²) in [6.45, 7) is 9.80. The van der Waals surface area contributed by atoms with Gasteiger partial charge in [-0.05, 0) is 36.9 Å². The Bertz CT molecular complexity index is 1190. The summed E-state index contributed by atoms with van der Waals surface area (Å²) in [6, 6.07) is 6.09. The monoisotopic (exact) mass is 466 g/mol. The average molecular weight is 467 g/mol. The number of anilines is 1. The van der Waals surface area contributed by atoms with E-state index in [0.29, 0.717) is 18.6 Å². The molecule has 8 nitrogen and oxygen atoms in total. The number of aryl methyl sites for hydroxylation is 1. The maximum atomic E-state index is 12.9. The van der Waals surface area contributed by atoms with Gasteiger partial charge in [0.15, 0.2) is 0 Å². The highest BCUT2D eigenvalue weighted by atomic mass is 16.5. The second-order valence-electron chi connectivity index (χ2n) is 8.47. The number of ether oxygens (including phenoxy) is 3. The molecule has 0 radical (unpaired) electrons. The van der Waals surface area contributed by atoms with Gasteiger partial charge in [0.25, 0.3) is 5.56 Å². The van der Waals surface area contributed by atoms with Crippen LogP contribution in [0.1, 0.15) is 19.4 Å². The number of benzene rings is 1. The predicted molar refractivity (Wildman–Crippen MR) is 135 cm³/mol. The molecule has 4 rings (SSSR count). The smallest absolute Gasteiger partial charge is 0.259 e. The van der Waals surface area contributed by atoms with Crippen molar-refractivity contribution in [3.63, 3.8) is 0 Å². The van der Waals surface area contributed by atoms with Crippen molar-refractivity contribution < 1.29 is 14.2 Å². The van der Waals surface area contributed by atoms with E-state index >= 15 is 0 Å². The number of pyridine rings is 2. The molecule has 0 bridgehead atoms. The highest BCUT2D eigenvalue weighted by molar-refractivity contribution is 5.97. The second kappa shape index (κ2) is 10.4. The summed E-state index contributed by atoms with van der Waals surface area (Å²) in [6.07, 6.45) is 3.57. The predicted octanol–water partition coefficient (Wildman–Crippen LogP) is 3.30. The number of aromatic nitrogens is 2. The molecule has 0 aliphatic carbocycles. The number of hydrogen-bond donors (Lipinski definition) is 0. The van der Waals surface area contributed by atoms with E-state index < -0.39 is 0 Å². The second-order valence-corrected chi connectivity index (χ2v) is 8.47. The molecule has 1 aliphatic rings. The Balaban J connectivity index is 1.89. The van der Waals surface area contributed by atoms with Gasteiger partial charge >= 0.3 is 0 Å². The molecular weight excluding hydrogens is 432 g/mol. The van der Waals surface area contributed by atoms with Gasteiger partial charge in [0.2, 0.25) is 0 Å². The van der Waals surface area contributed by atoms with E-state index in [-0.39, 0.29) is 5.56 Å². The van der Waals surface area contributed by atoms with Gasteiger partial charge in [-0.2, -0.15) is 0 Å². The van der Waals surface area contributed by atoms with Crippen LogP contribution in [0.5, 0.6) is 11.5 Å². The molecule has 34 heavy (non-hydrogen) atoms. The largest absolute Gasteiger partial charge is 0.496 e. The quantitative estimate of drug-likeness (QED) is 0.505. The van der Waals surface area contributed by atoms with Crippen LogP contribution in [0, 0.1) is 0 Å². The number of nitrogens with zero attached hydrogens (tertiary/aromatic N) is 4. The van der Waals surface area contributed by atoms with E-state index in [1.165, 1.54) is 0 Å². The zero-order valence-corrected chi connectivity index (χ0v) is 20.8. The van der Waals surface area contributed by atoms with Crippen molar-refractivity contribution in [2.24, 2.45) is 7.05 Å². The number of methoxy groups -OCH3 is 2. The summed E-state index contributed by atoms with van der Waals surface area (Å²) in [5.41, 5.74) is 2.80. The van der Waals surface area contributed by atoms with Gasteiger partial charge in [-0.3, -0.25) is 9.69 Å². The van der Waals surface area contributed by atoms with E-state index in [0.717, 1.165) is 72.1 Å². The minimum atomic E-state index is -0.0724. The molecule has 3 aromatic rings. The molecule has 0 atom stereocenters. The maximum absolute atomic E-state index is 12.9. The molecule has 0 spiro atoms. The third-order valence-corrected chi connectivity index (χ3v) is 6.58. The molecule has 1 aromatic carbocycles. The van der Waals surface area contributed by atoms with Crippen LogP contribution in [-0.2, 0) is 18.3 Å². The third-order valence-electron chi connectivity index (χ3n) is 6.58. The van der Waals surface area contributed by atoms with Crippen molar-refractivity contribution in [1.29, 1.82) is 0 Å². The van der Waals surface area contributed by atoms with Crippen LogP contribution in [-0.4, -0.2) is 68.1 Å². The Morgan fingerprint density at radius 1 is 1.03 bits per heavy atom. The Morgan fingerprint density at radius 3 is 2.26 bits per heavy atom. The molecule has 2 aromatic heterocycles. The fourth-order valence-electron chi connectivity index (χ4n) is 4.51. The Hall–Kier alpha value is -3.10. The van der Waals surface area contributed by atoms with Gasteiger partial charge in [0.1, 0.15) is 17.3 Å². The van der Waals surface area contributed by atoms with E-state index in [9.17, 15) is 4.79 Å².